The third-order valence-corrected chi connectivity index (χ3v) is 3.27. The van der Waals surface area contributed by atoms with Gasteiger partial charge in [-0.2, -0.15) is 5.26 Å². The Morgan fingerprint density at radius 1 is 1.55 bits per heavy atom. The van der Waals surface area contributed by atoms with Gasteiger partial charge in [0.1, 0.15) is 17.9 Å². The van der Waals surface area contributed by atoms with Gasteiger partial charge in [0.25, 0.3) is 0 Å². The molecule has 1 atom stereocenters. The number of nitrogens with zero attached hydrogens (tertiary/aromatic N) is 4. The molecule has 7 heteroatoms. The molecule has 1 saturated heterocycles. The molecule has 116 valence electrons. The number of rotatable bonds is 4. The minimum atomic E-state index is -0.959. The van der Waals surface area contributed by atoms with Crippen molar-refractivity contribution in [2.24, 2.45) is 0 Å². The molecule has 1 unspecified atom stereocenters. The van der Waals surface area contributed by atoms with Crippen LogP contribution >= 0.6 is 0 Å². The average molecular weight is 306 g/mol. The van der Waals surface area contributed by atoms with Crippen molar-refractivity contribution in [3.63, 3.8) is 0 Å². The molecule has 0 aliphatic carbocycles. The number of aromatic nitrogens is 1. The third kappa shape index (κ3) is 3.39. The zero-order valence-corrected chi connectivity index (χ0v) is 12.4. The Kier molecular flexibility index (Phi) is 4.71. The Morgan fingerprint density at radius 3 is 2.82 bits per heavy atom. The summed E-state index contributed by atoms with van der Waals surface area (Å²) in [6, 6.07) is 4.75. The van der Waals surface area contributed by atoms with E-state index in [1.54, 1.807) is 19.0 Å². The molecule has 1 aromatic rings. The summed E-state index contributed by atoms with van der Waals surface area (Å²) in [6.07, 6.45) is 0.498. The van der Waals surface area contributed by atoms with Crippen molar-refractivity contribution in [2.75, 3.05) is 32.1 Å². The van der Waals surface area contributed by atoms with Crippen molar-refractivity contribution in [1.82, 2.24) is 9.88 Å². The SMILES string of the molecule is CN(C)C=C(F)C(=O)c1ccc(N2CCC(F)C2)c(C#N)n1. The van der Waals surface area contributed by atoms with Crippen molar-refractivity contribution < 1.29 is 13.6 Å². The highest BCUT2D eigenvalue weighted by Gasteiger charge is 2.25. The summed E-state index contributed by atoms with van der Waals surface area (Å²) in [4.78, 5) is 18.9. The lowest BCUT2D eigenvalue weighted by Gasteiger charge is -2.18. The molecule has 1 aliphatic heterocycles. The van der Waals surface area contributed by atoms with Gasteiger partial charge in [0.15, 0.2) is 11.5 Å². The van der Waals surface area contributed by atoms with E-state index in [9.17, 15) is 18.8 Å². The standard InChI is InChI=1S/C15H16F2N4O/c1-20(2)9-11(17)15(22)12-3-4-14(13(7-18)19-12)21-6-5-10(16)8-21/h3-4,9-10H,5-6,8H2,1-2H3. The maximum atomic E-state index is 13.7. The predicted octanol–water partition coefficient (Wildman–Crippen LogP) is 2.06. The lowest BCUT2D eigenvalue weighted by molar-refractivity contribution is 0.0997. The number of carbonyl (C=O) groups is 1. The molecule has 0 radical (unpaired) electrons. The van der Waals surface area contributed by atoms with Crippen LogP contribution in [0, 0.1) is 11.3 Å². The molecule has 0 bridgehead atoms. The fourth-order valence-electron chi connectivity index (χ4n) is 2.26. The van der Waals surface area contributed by atoms with Gasteiger partial charge in [0, 0.05) is 33.4 Å². The number of halogens is 2. The van der Waals surface area contributed by atoms with Crippen molar-refractivity contribution in [3.8, 4) is 6.07 Å². The minimum Gasteiger partial charge on any atom is -0.381 e. The van der Waals surface area contributed by atoms with Crippen LogP contribution in [0.5, 0.6) is 0 Å². The van der Waals surface area contributed by atoms with Crippen LogP contribution in [0.15, 0.2) is 24.2 Å². The second-order valence-corrected chi connectivity index (χ2v) is 5.28. The van der Waals surface area contributed by atoms with E-state index < -0.39 is 17.8 Å². The molecule has 1 aliphatic rings. The monoisotopic (exact) mass is 306 g/mol. The van der Waals surface area contributed by atoms with Gasteiger partial charge in [-0.15, -0.1) is 0 Å². The molecule has 0 amide bonds. The van der Waals surface area contributed by atoms with Crippen LogP contribution in [0.2, 0.25) is 0 Å². The van der Waals surface area contributed by atoms with E-state index in [1.165, 1.54) is 17.0 Å². The largest absolute Gasteiger partial charge is 0.381 e. The summed E-state index contributed by atoms with van der Waals surface area (Å²) in [7, 11) is 3.18. The topological polar surface area (TPSA) is 60.2 Å². The van der Waals surface area contributed by atoms with E-state index in [1.807, 2.05) is 6.07 Å². The number of allylic oxidation sites excluding steroid dienone is 1. The highest BCUT2D eigenvalue weighted by Crippen LogP contribution is 2.25. The molecule has 5 nitrogen and oxygen atoms in total. The first-order chi connectivity index (χ1) is 10.4. The van der Waals surface area contributed by atoms with Gasteiger partial charge in [0.2, 0.25) is 5.78 Å². The first-order valence-corrected chi connectivity index (χ1v) is 6.81. The maximum Gasteiger partial charge on any atom is 0.241 e. The number of pyridine rings is 1. The normalized spacial score (nSPS) is 18.2. The van der Waals surface area contributed by atoms with E-state index in [0.29, 0.717) is 18.7 Å². The van der Waals surface area contributed by atoms with Crippen molar-refractivity contribution in [3.05, 3.63) is 35.5 Å². The summed E-state index contributed by atoms with van der Waals surface area (Å²) >= 11 is 0. The van der Waals surface area contributed by atoms with E-state index in [2.05, 4.69) is 4.98 Å². The van der Waals surface area contributed by atoms with Crippen LogP contribution in [-0.2, 0) is 0 Å². The second kappa shape index (κ2) is 6.52. The van der Waals surface area contributed by atoms with Gasteiger partial charge in [-0.05, 0) is 18.6 Å². The Balaban J connectivity index is 2.30. The Labute approximate surface area is 127 Å². The number of carbonyl (C=O) groups excluding carboxylic acids is 1. The zero-order chi connectivity index (χ0) is 16.3. The van der Waals surface area contributed by atoms with E-state index in [0.717, 1.165) is 6.20 Å². The molecule has 0 saturated carbocycles. The third-order valence-electron chi connectivity index (χ3n) is 3.27. The van der Waals surface area contributed by atoms with Gasteiger partial charge in [-0.1, -0.05) is 0 Å². The molecule has 22 heavy (non-hydrogen) atoms. The lowest BCUT2D eigenvalue weighted by Crippen LogP contribution is -2.22. The first kappa shape index (κ1) is 15.9. The number of ketones is 1. The molecule has 2 rings (SSSR count). The summed E-state index contributed by atoms with van der Waals surface area (Å²) in [6.45, 7) is 0.679. The fraction of sp³-hybridized carbons (Fsp3) is 0.400. The molecule has 1 aromatic heterocycles. The van der Waals surface area contributed by atoms with E-state index >= 15 is 0 Å². The second-order valence-electron chi connectivity index (χ2n) is 5.28. The van der Waals surface area contributed by atoms with E-state index in [4.69, 9.17) is 0 Å². The molecule has 2 heterocycles. The lowest BCUT2D eigenvalue weighted by atomic mass is 10.2. The van der Waals surface area contributed by atoms with Gasteiger partial charge in [-0.3, -0.25) is 4.79 Å². The minimum absolute atomic E-state index is 0.00222. The van der Waals surface area contributed by atoms with Gasteiger partial charge >= 0.3 is 0 Å². The van der Waals surface area contributed by atoms with Gasteiger partial charge in [-0.25, -0.2) is 13.8 Å². The number of anilines is 1. The van der Waals surface area contributed by atoms with Gasteiger partial charge < -0.3 is 9.80 Å². The highest BCUT2D eigenvalue weighted by atomic mass is 19.1. The van der Waals surface area contributed by atoms with E-state index in [-0.39, 0.29) is 17.9 Å². The molecule has 0 spiro atoms. The van der Waals surface area contributed by atoms with Crippen molar-refractivity contribution in [1.29, 1.82) is 5.26 Å². The number of hydrogen-bond donors (Lipinski definition) is 0. The van der Waals surface area contributed by atoms with Gasteiger partial charge in [0.05, 0.1) is 5.69 Å². The summed E-state index contributed by atoms with van der Waals surface area (Å²) in [5, 5.41) is 9.17. The molecule has 0 N–H and O–H groups in total. The Hall–Kier alpha value is -2.49. The number of Topliss-reactive ketones (excluding diaryl/α,β-unsaturated/α-hetero) is 1. The van der Waals surface area contributed by atoms with Crippen LogP contribution < -0.4 is 4.90 Å². The summed E-state index contributed by atoms with van der Waals surface area (Å²) in [5.74, 6) is -1.85. The highest BCUT2D eigenvalue weighted by molar-refractivity contribution is 6.05. The van der Waals surface area contributed by atoms with Crippen LogP contribution in [-0.4, -0.2) is 49.0 Å². The van der Waals surface area contributed by atoms with Crippen LogP contribution in [0.1, 0.15) is 22.6 Å². The van der Waals surface area contributed by atoms with Crippen LogP contribution in [0.4, 0.5) is 14.5 Å². The Bertz CT molecular complexity index is 651. The number of hydrogen-bond acceptors (Lipinski definition) is 5. The average Bonchev–Trinajstić information content (AvgIpc) is 2.91. The quantitative estimate of drug-likeness (QED) is 0.629. The number of alkyl halides is 1. The van der Waals surface area contributed by atoms with Crippen molar-refractivity contribution >= 4 is 11.5 Å². The smallest absolute Gasteiger partial charge is 0.241 e. The first-order valence-electron chi connectivity index (χ1n) is 6.81. The molecule has 1 fully saturated rings. The summed E-state index contributed by atoms with van der Waals surface area (Å²) < 4.78 is 27.0. The van der Waals surface area contributed by atoms with Crippen molar-refractivity contribution in [2.45, 2.75) is 12.6 Å². The van der Waals surface area contributed by atoms with Crippen LogP contribution in [0.25, 0.3) is 0 Å². The Morgan fingerprint density at radius 2 is 2.27 bits per heavy atom. The molecular formula is C15H16F2N4O. The molecular weight excluding hydrogens is 290 g/mol. The fourth-order valence-corrected chi connectivity index (χ4v) is 2.26. The maximum absolute atomic E-state index is 13.7. The predicted molar refractivity (Wildman–Crippen MR) is 77.9 cm³/mol. The molecule has 0 aromatic carbocycles. The number of nitriles is 1. The summed E-state index contributed by atoms with van der Waals surface area (Å²) in [5.41, 5.74) is 0.320. The van der Waals surface area contributed by atoms with Crippen LogP contribution in [0.3, 0.4) is 0 Å². The zero-order valence-electron chi connectivity index (χ0n) is 12.4.